The molecule has 0 fully saturated rings. The summed E-state index contributed by atoms with van der Waals surface area (Å²) < 4.78 is 0. The number of nitrogens with zero attached hydrogens (tertiary/aromatic N) is 1. The van der Waals surface area contributed by atoms with E-state index in [1.54, 1.807) is 6.07 Å². The smallest absolute Gasteiger partial charge is 0.274 e. The molecule has 0 atom stereocenters. The molecule has 1 aromatic heterocycles. The maximum atomic E-state index is 12.7. The van der Waals surface area contributed by atoms with Gasteiger partial charge in [-0.25, -0.2) is 0 Å². The molecular weight excluding hydrogens is 362 g/mol. The van der Waals surface area contributed by atoms with Gasteiger partial charge >= 0.3 is 0 Å². The lowest BCUT2D eigenvalue weighted by molar-refractivity contribution is 0.102. The van der Waals surface area contributed by atoms with Gasteiger partial charge in [0.25, 0.3) is 11.8 Å². The van der Waals surface area contributed by atoms with Gasteiger partial charge in [0.1, 0.15) is 5.69 Å². The standard InChI is InChI=1S/C24H25N3O2/c1-15(2)19-7-5-6-8-21(19)27-23(28)18-11-12-25-22(14-18)24(29)26-20-10-9-16(3)13-17(20)4/h5-15H,1-4H3,(H,26,29)(H,27,28). The zero-order valence-electron chi connectivity index (χ0n) is 17.1. The van der Waals surface area contributed by atoms with Crippen molar-refractivity contribution < 1.29 is 9.59 Å². The molecule has 0 radical (unpaired) electrons. The maximum absolute atomic E-state index is 12.7. The van der Waals surface area contributed by atoms with E-state index in [-0.39, 0.29) is 23.4 Å². The zero-order chi connectivity index (χ0) is 21.0. The van der Waals surface area contributed by atoms with Crippen LogP contribution < -0.4 is 10.6 Å². The van der Waals surface area contributed by atoms with E-state index in [2.05, 4.69) is 29.5 Å². The molecule has 0 aliphatic rings. The van der Waals surface area contributed by atoms with E-state index in [4.69, 9.17) is 0 Å². The van der Waals surface area contributed by atoms with Crippen LogP contribution in [-0.4, -0.2) is 16.8 Å². The number of amides is 2. The minimum absolute atomic E-state index is 0.190. The first-order valence-corrected chi connectivity index (χ1v) is 9.60. The number of carbonyl (C=O) groups excluding carboxylic acids is 2. The minimum Gasteiger partial charge on any atom is -0.322 e. The summed E-state index contributed by atoms with van der Waals surface area (Å²) in [6, 6.07) is 16.6. The highest BCUT2D eigenvalue weighted by Gasteiger charge is 2.15. The van der Waals surface area contributed by atoms with Gasteiger partial charge < -0.3 is 10.6 Å². The first-order chi connectivity index (χ1) is 13.8. The molecule has 2 amide bonds. The highest BCUT2D eigenvalue weighted by atomic mass is 16.2. The molecule has 0 aliphatic carbocycles. The summed E-state index contributed by atoms with van der Waals surface area (Å²) in [4.78, 5) is 29.5. The van der Waals surface area contributed by atoms with Gasteiger partial charge in [-0.3, -0.25) is 14.6 Å². The molecule has 148 valence electrons. The number of para-hydroxylation sites is 1. The number of aryl methyl sites for hydroxylation is 2. The van der Waals surface area contributed by atoms with Crippen LogP contribution in [0.25, 0.3) is 0 Å². The molecule has 0 spiro atoms. The molecule has 0 saturated carbocycles. The Morgan fingerprint density at radius 3 is 2.31 bits per heavy atom. The number of rotatable bonds is 5. The van der Waals surface area contributed by atoms with Gasteiger partial charge in [0, 0.05) is 23.1 Å². The molecule has 2 aromatic carbocycles. The second kappa shape index (κ2) is 8.69. The van der Waals surface area contributed by atoms with Crippen molar-refractivity contribution in [2.75, 3.05) is 10.6 Å². The Morgan fingerprint density at radius 1 is 0.862 bits per heavy atom. The number of hydrogen-bond donors (Lipinski definition) is 2. The summed E-state index contributed by atoms with van der Waals surface area (Å²) in [6.07, 6.45) is 1.47. The van der Waals surface area contributed by atoms with Crippen LogP contribution in [0.1, 0.15) is 57.3 Å². The highest BCUT2D eigenvalue weighted by molar-refractivity contribution is 6.08. The predicted octanol–water partition coefficient (Wildman–Crippen LogP) is 5.33. The number of pyridine rings is 1. The summed E-state index contributed by atoms with van der Waals surface area (Å²) in [7, 11) is 0. The third-order valence-corrected chi connectivity index (χ3v) is 4.72. The van der Waals surface area contributed by atoms with Crippen LogP contribution >= 0.6 is 0 Å². The van der Waals surface area contributed by atoms with Crippen molar-refractivity contribution in [3.63, 3.8) is 0 Å². The van der Waals surface area contributed by atoms with Gasteiger partial charge in [-0.1, -0.05) is 49.7 Å². The summed E-state index contributed by atoms with van der Waals surface area (Å²) in [6.45, 7) is 8.09. The van der Waals surface area contributed by atoms with Crippen molar-refractivity contribution in [3.8, 4) is 0 Å². The van der Waals surface area contributed by atoms with E-state index in [1.807, 2.05) is 56.3 Å². The topological polar surface area (TPSA) is 71.1 Å². The van der Waals surface area contributed by atoms with Crippen LogP contribution in [0.5, 0.6) is 0 Å². The summed E-state index contributed by atoms with van der Waals surface area (Å²) >= 11 is 0. The number of hydrogen-bond acceptors (Lipinski definition) is 3. The lowest BCUT2D eigenvalue weighted by atomic mass is 10.0. The Bertz CT molecular complexity index is 1060. The van der Waals surface area contributed by atoms with Crippen molar-refractivity contribution >= 4 is 23.2 Å². The Kier molecular flexibility index (Phi) is 6.07. The van der Waals surface area contributed by atoms with Crippen LogP contribution in [0, 0.1) is 13.8 Å². The molecule has 5 nitrogen and oxygen atoms in total. The van der Waals surface area contributed by atoms with Gasteiger partial charge in [0.15, 0.2) is 0 Å². The molecule has 2 N–H and O–H groups in total. The van der Waals surface area contributed by atoms with E-state index in [1.165, 1.54) is 12.3 Å². The molecule has 5 heteroatoms. The van der Waals surface area contributed by atoms with Gasteiger partial charge in [0.05, 0.1) is 0 Å². The number of carbonyl (C=O) groups is 2. The van der Waals surface area contributed by atoms with Gasteiger partial charge in [-0.2, -0.15) is 0 Å². The molecule has 0 aliphatic heterocycles. The van der Waals surface area contributed by atoms with Crippen molar-refractivity contribution in [2.45, 2.75) is 33.6 Å². The van der Waals surface area contributed by atoms with Crippen molar-refractivity contribution in [1.29, 1.82) is 0 Å². The third-order valence-electron chi connectivity index (χ3n) is 4.72. The van der Waals surface area contributed by atoms with E-state index in [0.29, 0.717) is 5.56 Å². The van der Waals surface area contributed by atoms with Crippen LogP contribution in [0.4, 0.5) is 11.4 Å². The Hall–Kier alpha value is -3.47. The molecule has 1 heterocycles. The van der Waals surface area contributed by atoms with Crippen molar-refractivity contribution in [3.05, 3.63) is 88.7 Å². The van der Waals surface area contributed by atoms with Crippen molar-refractivity contribution in [2.24, 2.45) is 0 Å². The summed E-state index contributed by atoms with van der Waals surface area (Å²) in [5.41, 5.74) is 5.21. The van der Waals surface area contributed by atoms with Crippen LogP contribution in [0.2, 0.25) is 0 Å². The fourth-order valence-corrected chi connectivity index (χ4v) is 3.14. The molecule has 0 saturated heterocycles. The third kappa shape index (κ3) is 4.88. The molecule has 3 aromatic rings. The Balaban J connectivity index is 1.78. The average Bonchev–Trinajstić information content (AvgIpc) is 2.70. The molecule has 0 unspecified atom stereocenters. The quantitative estimate of drug-likeness (QED) is 0.622. The normalized spacial score (nSPS) is 10.7. The molecule has 3 rings (SSSR count). The molecule has 0 bridgehead atoms. The fourth-order valence-electron chi connectivity index (χ4n) is 3.14. The SMILES string of the molecule is Cc1ccc(NC(=O)c2cc(C(=O)Nc3ccccc3C(C)C)ccn2)c(C)c1. The average molecular weight is 387 g/mol. The Morgan fingerprint density at radius 2 is 1.59 bits per heavy atom. The maximum Gasteiger partial charge on any atom is 0.274 e. The van der Waals surface area contributed by atoms with E-state index < -0.39 is 0 Å². The van der Waals surface area contributed by atoms with Gasteiger partial charge in [0.2, 0.25) is 0 Å². The van der Waals surface area contributed by atoms with Crippen LogP contribution in [0.3, 0.4) is 0 Å². The number of anilines is 2. The predicted molar refractivity (Wildman–Crippen MR) is 117 cm³/mol. The van der Waals surface area contributed by atoms with Crippen molar-refractivity contribution in [1.82, 2.24) is 4.98 Å². The summed E-state index contributed by atoms with van der Waals surface area (Å²) in [5, 5.41) is 5.80. The lowest BCUT2D eigenvalue weighted by Crippen LogP contribution is -2.18. The second-order valence-electron chi connectivity index (χ2n) is 7.40. The molecule has 29 heavy (non-hydrogen) atoms. The first kappa shape index (κ1) is 20.3. The van der Waals surface area contributed by atoms with Gasteiger partial charge in [-0.05, 0) is 55.2 Å². The van der Waals surface area contributed by atoms with Crippen LogP contribution in [0.15, 0.2) is 60.8 Å². The zero-order valence-corrected chi connectivity index (χ0v) is 17.1. The largest absolute Gasteiger partial charge is 0.322 e. The fraction of sp³-hybridized carbons (Fsp3) is 0.208. The van der Waals surface area contributed by atoms with E-state index in [0.717, 1.165) is 28.1 Å². The summed E-state index contributed by atoms with van der Waals surface area (Å²) in [5.74, 6) is -0.349. The number of nitrogens with one attached hydrogen (secondary N) is 2. The first-order valence-electron chi connectivity index (χ1n) is 9.60. The molecular formula is C24H25N3O2. The minimum atomic E-state index is -0.353. The van der Waals surface area contributed by atoms with E-state index >= 15 is 0 Å². The van der Waals surface area contributed by atoms with E-state index in [9.17, 15) is 9.59 Å². The second-order valence-corrected chi connectivity index (χ2v) is 7.40. The monoisotopic (exact) mass is 387 g/mol. The number of benzene rings is 2. The van der Waals surface area contributed by atoms with Gasteiger partial charge in [-0.15, -0.1) is 0 Å². The Labute approximate surface area is 171 Å². The van der Waals surface area contributed by atoms with Crippen LogP contribution in [-0.2, 0) is 0 Å². The highest BCUT2D eigenvalue weighted by Crippen LogP contribution is 2.24. The lowest BCUT2D eigenvalue weighted by Gasteiger charge is -2.14. The number of aromatic nitrogens is 1.